The fourth-order valence-corrected chi connectivity index (χ4v) is 3.30. The van der Waals surface area contributed by atoms with Gasteiger partial charge in [0.15, 0.2) is 6.10 Å². The predicted molar refractivity (Wildman–Crippen MR) is 97.3 cm³/mol. The van der Waals surface area contributed by atoms with Gasteiger partial charge in [-0.25, -0.2) is 4.79 Å². The van der Waals surface area contributed by atoms with E-state index in [1.165, 1.54) is 30.2 Å². The summed E-state index contributed by atoms with van der Waals surface area (Å²) in [4.78, 5) is 25.2. The maximum Gasteiger partial charge on any atom is 0.340 e. The number of hydrogen-bond donors (Lipinski definition) is 1. The molecule has 0 unspecified atom stereocenters. The molecule has 1 aliphatic rings. The number of ether oxygens (including phenoxy) is 1. The molecule has 24 heavy (non-hydrogen) atoms. The third-order valence-electron chi connectivity index (χ3n) is 4.11. The zero-order valence-corrected chi connectivity index (χ0v) is 15.2. The summed E-state index contributed by atoms with van der Waals surface area (Å²) >= 11 is 1.48. The quantitative estimate of drug-likeness (QED) is 0.461. The Kier molecular flexibility index (Phi) is 7.37. The highest BCUT2D eigenvalue weighted by Gasteiger charge is 2.20. The van der Waals surface area contributed by atoms with Crippen molar-refractivity contribution in [3.8, 4) is 0 Å². The molecule has 0 radical (unpaired) electrons. The van der Waals surface area contributed by atoms with Gasteiger partial charge in [-0.05, 0) is 57.4 Å². The van der Waals surface area contributed by atoms with E-state index in [1.807, 2.05) is 18.4 Å². The second-order valence-electron chi connectivity index (χ2n) is 5.90. The molecule has 0 saturated heterocycles. The summed E-state index contributed by atoms with van der Waals surface area (Å²) in [5.41, 5.74) is 1.91. The van der Waals surface area contributed by atoms with Gasteiger partial charge in [-0.2, -0.15) is 0 Å². The average molecular weight is 347 g/mol. The Bertz CT molecular complexity index is 612. The van der Waals surface area contributed by atoms with E-state index < -0.39 is 12.1 Å². The van der Waals surface area contributed by atoms with Gasteiger partial charge in [0.2, 0.25) is 0 Å². The molecule has 5 heteroatoms. The first-order valence-corrected chi connectivity index (χ1v) is 9.64. The summed E-state index contributed by atoms with van der Waals surface area (Å²) < 4.78 is 5.30. The number of carbonyl (C=O) groups excluding carboxylic acids is 2. The molecule has 1 aliphatic carbocycles. The molecule has 1 atom stereocenters. The number of nitrogens with one attached hydrogen (secondary N) is 1. The van der Waals surface area contributed by atoms with Gasteiger partial charge in [-0.15, -0.1) is 11.8 Å². The summed E-state index contributed by atoms with van der Waals surface area (Å²) in [6.45, 7) is 2.20. The summed E-state index contributed by atoms with van der Waals surface area (Å²) in [7, 11) is 0. The number of thioether (sulfide) groups is 1. The van der Waals surface area contributed by atoms with E-state index >= 15 is 0 Å². The maximum atomic E-state index is 12.2. The van der Waals surface area contributed by atoms with E-state index in [0.29, 0.717) is 12.1 Å². The summed E-state index contributed by atoms with van der Waals surface area (Å²) in [6.07, 6.45) is 9.04. The van der Waals surface area contributed by atoms with Crippen LogP contribution in [0.4, 0.5) is 0 Å². The van der Waals surface area contributed by atoms with Crippen LogP contribution < -0.4 is 5.32 Å². The van der Waals surface area contributed by atoms with Gasteiger partial charge >= 0.3 is 5.97 Å². The minimum absolute atomic E-state index is 0.249. The minimum Gasteiger partial charge on any atom is -0.449 e. The second-order valence-corrected chi connectivity index (χ2v) is 6.75. The van der Waals surface area contributed by atoms with E-state index in [2.05, 4.69) is 11.4 Å². The first-order valence-electron chi connectivity index (χ1n) is 8.41. The zero-order valence-electron chi connectivity index (χ0n) is 14.3. The molecule has 0 aliphatic heterocycles. The Morgan fingerprint density at radius 3 is 2.79 bits per heavy atom. The van der Waals surface area contributed by atoms with Gasteiger partial charge in [0.25, 0.3) is 5.91 Å². The van der Waals surface area contributed by atoms with E-state index in [9.17, 15) is 9.59 Å². The molecule has 1 amide bonds. The van der Waals surface area contributed by atoms with Crippen molar-refractivity contribution in [3.63, 3.8) is 0 Å². The summed E-state index contributed by atoms with van der Waals surface area (Å²) in [5.74, 6) is -0.709. The van der Waals surface area contributed by atoms with Crippen molar-refractivity contribution in [1.82, 2.24) is 5.32 Å². The van der Waals surface area contributed by atoms with Crippen molar-refractivity contribution in [2.75, 3.05) is 12.8 Å². The van der Waals surface area contributed by atoms with E-state index in [0.717, 1.165) is 24.2 Å². The highest BCUT2D eigenvalue weighted by molar-refractivity contribution is 7.98. The fourth-order valence-electron chi connectivity index (χ4n) is 2.71. The van der Waals surface area contributed by atoms with Crippen LogP contribution >= 0.6 is 11.8 Å². The Labute approximate surface area is 148 Å². The number of carbonyl (C=O) groups is 2. The second kappa shape index (κ2) is 9.52. The first kappa shape index (κ1) is 18.6. The van der Waals surface area contributed by atoms with Crippen LogP contribution in [0.1, 0.15) is 49.4 Å². The van der Waals surface area contributed by atoms with Crippen molar-refractivity contribution in [2.24, 2.45) is 0 Å². The van der Waals surface area contributed by atoms with Crippen LogP contribution in [-0.4, -0.2) is 30.8 Å². The van der Waals surface area contributed by atoms with Crippen molar-refractivity contribution < 1.29 is 14.3 Å². The lowest BCUT2D eigenvalue weighted by Gasteiger charge is -2.16. The molecule has 0 aromatic heterocycles. The number of amides is 1. The molecule has 1 aromatic carbocycles. The molecule has 0 spiro atoms. The predicted octanol–water partition coefficient (Wildman–Crippen LogP) is 3.96. The lowest BCUT2D eigenvalue weighted by molar-refractivity contribution is -0.129. The van der Waals surface area contributed by atoms with Crippen molar-refractivity contribution in [1.29, 1.82) is 0 Å². The molecule has 0 fully saturated rings. The zero-order chi connectivity index (χ0) is 17.4. The monoisotopic (exact) mass is 347 g/mol. The largest absolute Gasteiger partial charge is 0.449 e. The minimum atomic E-state index is -0.798. The average Bonchev–Trinajstić information content (AvgIpc) is 2.62. The lowest BCUT2D eigenvalue weighted by Crippen LogP contribution is -2.36. The van der Waals surface area contributed by atoms with E-state index in [-0.39, 0.29) is 5.91 Å². The normalized spacial score (nSPS) is 15.3. The van der Waals surface area contributed by atoms with Crippen molar-refractivity contribution >= 4 is 23.6 Å². The van der Waals surface area contributed by atoms with E-state index in [1.54, 1.807) is 19.1 Å². The molecule has 130 valence electrons. The molecular formula is C19H25NO3S. The van der Waals surface area contributed by atoms with Crippen LogP contribution in [0.2, 0.25) is 0 Å². The standard InChI is InChI=1S/C19H25NO3S/c1-14(18(21)20-13-12-15-8-4-3-5-9-15)23-19(22)16-10-6-7-11-17(16)24-2/h6-8,10-11,14H,3-5,9,12-13H2,1-2H3,(H,20,21)/t14-/m1/s1. The third-order valence-corrected chi connectivity index (χ3v) is 4.91. The highest BCUT2D eigenvalue weighted by Crippen LogP contribution is 2.21. The van der Waals surface area contributed by atoms with Crippen LogP contribution in [0.15, 0.2) is 40.8 Å². The van der Waals surface area contributed by atoms with Crippen LogP contribution in [0, 0.1) is 0 Å². The molecule has 4 nitrogen and oxygen atoms in total. The number of rotatable bonds is 7. The fraction of sp³-hybridized carbons (Fsp3) is 0.474. The molecular weight excluding hydrogens is 322 g/mol. The van der Waals surface area contributed by atoms with Crippen molar-refractivity contribution in [3.05, 3.63) is 41.5 Å². The van der Waals surface area contributed by atoms with Crippen LogP contribution in [0.3, 0.4) is 0 Å². The number of hydrogen-bond acceptors (Lipinski definition) is 4. The lowest BCUT2D eigenvalue weighted by atomic mass is 9.97. The highest BCUT2D eigenvalue weighted by atomic mass is 32.2. The van der Waals surface area contributed by atoms with Gasteiger partial charge in [-0.3, -0.25) is 4.79 Å². The molecule has 0 saturated carbocycles. The molecule has 1 N–H and O–H groups in total. The van der Waals surface area contributed by atoms with Crippen LogP contribution in [-0.2, 0) is 9.53 Å². The van der Waals surface area contributed by atoms with Gasteiger partial charge < -0.3 is 10.1 Å². The van der Waals surface area contributed by atoms with Crippen LogP contribution in [0.25, 0.3) is 0 Å². The molecule has 0 heterocycles. The smallest absolute Gasteiger partial charge is 0.340 e. The molecule has 2 rings (SSSR count). The SMILES string of the molecule is CSc1ccccc1C(=O)O[C@H](C)C(=O)NCCC1=CCCCC1. The van der Waals surface area contributed by atoms with Crippen LogP contribution in [0.5, 0.6) is 0 Å². The Hall–Kier alpha value is -1.75. The van der Waals surface area contributed by atoms with Gasteiger partial charge in [0, 0.05) is 11.4 Å². The Morgan fingerprint density at radius 1 is 1.29 bits per heavy atom. The third kappa shape index (κ3) is 5.41. The number of esters is 1. The number of benzene rings is 1. The van der Waals surface area contributed by atoms with Gasteiger partial charge in [-0.1, -0.05) is 23.8 Å². The summed E-state index contributed by atoms with van der Waals surface area (Å²) in [6, 6.07) is 7.25. The summed E-state index contributed by atoms with van der Waals surface area (Å²) in [5, 5.41) is 2.85. The molecule has 1 aromatic rings. The first-order chi connectivity index (χ1) is 11.6. The Morgan fingerprint density at radius 2 is 2.08 bits per heavy atom. The van der Waals surface area contributed by atoms with E-state index in [4.69, 9.17) is 4.74 Å². The van der Waals surface area contributed by atoms with Gasteiger partial charge in [0.05, 0.1) is 5.56 Å². The Balaban J connectivity index is 1.80. The topological polar surface area (TPSA) is 55.4 Å². The maximum absolute atomic E-state index is 12.2. The number of allylic oxidation sites excluding steroid dienone is 1. The van der Waals surface area contributed by atoms with Crippen molar-refractivity contribution in [2.45, 2.75) is 50.0 Å². The molecule has 0 bridgehead atoms. The van der Waals surface area contributed by atoms with Gasteiger partial charge in [0.1, 0.15) is 0 Å².